The van der Waals surface area contributed by atoms with Crippen LogP contribution in [0.5, 0.6) is 5.88 Å². The van der Waals surface area contributed by atoms with Crippen LogP contribution in [0.1, 0.15) is 49.1 Å². The van der Waals surface area contributed by atoms with E-state index in [1.807, 2.05) is 0 Å². The highest BCUT2D eigenvalue weighted by atomic mass is 35.5. The molecule has 1 aromatic carbocycles. The largest absolute Gasteiger partial charge is 0.472 e. The Morgan fingerprint density at radius 2 is 1.87 bits per heavy atom. The molecule has 2 aromatic heterocycles. The summed E-state index contributed by atoms with van der Waals surface area (Å²) in [5, 5.41) is 0.0423. The second kappa shape index (κ2) is 11.3. The van der Waals surface area contributed by atoms with Gasteiger partial charge in [0.15, 0.2) is 0 Å². The van der Waals surface area contributed by atoms with Gasteiger partial charge in [0.2, 0.25) is 5.88 Å². The molecule has 1 N–H and O–H groups in total. The summed E-state index contributed by atoms with van der Waals surface area (Å²) >= 11 is 6.42. The highest BCUT2D eigenvalue weighted by Gasteiger charge is 2.39. The monoisotopic (exact) mass is 581 g/mol. The van der Waals surface area contributed by atoms with E-state index in [2.05, 4.69) is 24.6 Å². The van der Waals surface area contributed by atoms with E-state index in [4.69, 9.17) is 16.3 Å². The summed E-state index contributed by atoms with van der Waals surface area (Å²) in [4.78, 5) is 14.0. The Morgan fingerprint density at radius 1 is 1.08 bits per heavy atom. The molecule has 1 aliphatic heterocycles. The Kier molecular flexibility index (Phi) is 7.97. The van der Waals surface area contributed by atoms with Crippen molar-refractivity contribution >= 4 is 27.4 Å². The molecule has 0 spiro atoms. The van der Waals surface area contributed by atoms with Gasteiger partial charge in [-0.05, 0) is 74.9 Å². The van der Waals surface area contributed by atoms with Gasteiger partial charge in [-0.3, -0.25) is 9.62 Å². The summed E-state index contributed by atoms with van der Waals surface area (Å²) in [6.07, 6.45) is 3.07. The second-order valence-electron chi connectivity index (χ2n) is 9.76. The van der Waals surface area contributed by atoms with Gasteiger partial charge in [0.05, 0.1) is 11.8 Å². The van der Waals surface area contributed by atoms with E-state index in [0.29, 0.717) is 24.8 Å². The molecule has 8 nitrogen and oxygen atoms in total. The van der Waals surface area contributed by atoms with Crippen LogP contribution in [0.15, 0.2) is 60.0 Å². The number of hydrogen-bond acceptors (Lipinski definition) is 7. The first-order valence-electron chi connectivity index (χ1n) is 12.6. The average Bonchev–Trinajstić information content (AvgIpc) is 3.45. The lowest BCUT2D eigenvalue weighted by Crippen LogP contribution is -2.48. The van der Waals surface area contributed by atoms with E-state index in [9.17, 15) is 21.6 Å². The summed E-state index contributed by atoms with van der Waals surface area (Å²) in [6.45, 7) is 1.76. The molecule has 13 heteroatoms. The number of hydrogen-bond donors (Lipinski definition) is 1. The molecule has 2 aliphatic rings. The van der Waals surface area contributed by atoms with Crippen molar-refractivity contribution in [2.75, 3.05) is 17.8 Å². The molecule has 3 aromatic rings. The number of alkyl halides is 3. The maximum atomic E-state index is 13.3. The maximum Gasteiger partial charge on any atom is 0.416 e. The third kappa shape index (κ3) is 6.44. The quantitative estimate of drug-likeness (QED) is 0.392. The van der Waals surface area contributed by atoms with Crippen molar-refractivity contribution in [3.05, 3.63) is 71.3 Å². The van der Waals surface area contributed by atoms with Crippen molar-refractivity contribution in [2.45, 2.75) is 61.2 Å². The molecule has 0 unspecified atom stereocenters. The first kappa shape index (κ1) is 27.6. The Morgan fingerprint density at radius 3 is 2.56 bits per heavy atom. The fraction of sp³-hybridized carbons (Fsp3) is 0.423. The number of likely N-dealkylation sites (tertiary alicyclic amines) is 1. The molecular formula is C26H27ClF3N5O3S. The predicted molar refractivity (Wildman–Crippen MR) is 139 cm³/mol. The lowest BCUT2D eigenvalue weighted by atomic mass is 9.79. The Bertz CT molecular complexity index is 1410. The summed E-state index contributed by atoms with van der Waals surface area (Å²) < 4.78 is 74.1. The molecule has 208 valence electrons. The smallest absolute Gasteiger partial charge is 0.416 e. The van der Waals surface area contributed by atoms with E-state index in [-0.39, 0.29) is 39.7 Å². The molecule has 3 atom stereocenters. The Balaban J connectivity index is 1.33. The third-order valence-corrected chi connectivity index (χ3v) is 8.82. The van der Waals surface area contributed by atoms with Crippen molar-refractivity contribution < 1.29 is 26.3 Å². The minimum Gasteiger partial charge on any atom is -0.472 e. The molecule has 0 radical (unpaired) electrons. The number of benzene rings is 1. The van der Waals surface area contributed by atoms with Gasteiger partial charge in [-0.2, -0.15) is 13.2 Å². The number of rotatable bonds is 7. The average molecular weight is 582 g/mol. The van der Waals surface area contributed by atoms with Crippen LogP contribution < -0.4 is 9.46 Å². The number of ether oxygens (including phenoxy) is 1. The van der Waals surface area contributed by atoms with Gasteiger partial charge in [-0.25, -0.2) is 23.4 Å². The molecular weight excluding hydrogens is 555 g/mol. The number of nitrogens with zero attached hydrogens (tertiary/aromatic N) is 4. The van der Waals surface area contributed by atoms with Crippen LogP contribution in [0.25, 0.3) is 0 Å². The van der Waals surface area contributed by atoms with Gasteiger partial charge >= 0.3 is 6.18 Å². The topological polar surface area (TPSA) is 97.3 Å². The first-order chi connectivity index (χ1) is 18.6. The van der Waals surface area contributed by atoms with Gasteiger partial charge in [-0.15, -0.1) is 0 Å². The minimum atomic E-state index is -4.39. The fourth-order valence-corrected chi connectivity index (χ4v) is 6.57. The van der Waals surface area contributed by atoms with Crippen molar-refractivity contribution in [3.63, 3.8) is 0 Å². The molecule has 0 bridgehead atoms. The SMILES string of the molecule is O=S(=O)(Nc1ccncn1)c1cnc(O[C@H]2CC[C@H](c3cccc(C(F)(F)F)c3)C[C@@H]2N2CCCC2)c(Cl)c1. The van der Waals surface area contributed by atoms with Crippen molar-refractivity contribution in [1.29, 1.82) is 0 Å². The molecule has 0 amide bonds. The normalized spacial score (nSPS) is 22.5. The zero-order chi connectivity index (χ0) is 27.6. The number of nitrogens with one attached hydrogen (secondary N) is 1. The lowest BCUT2D eigenvalue weighted by Gasteiger charge is -2.41. The zero-order valence-corrected chi connectivity index (χ0v) is 22.4. The first-order valence-corrected chi connectivity index (χ1v) is 14.5. The predicted octanol–water partition coefficient (Wildman–Crippen LogP) is 5.52. The van der Waals surface area contributed by atoms with Gasteiger partial charge in [0.25, 0.3) is 10.0 Å². The van der Waals surface area contributed by atoms with E-state index >= 15 is 0 Å². The second-order valence-corrected chi connectivity index (χ2v) is 11.8. The lowest BCUT2D eigenvalue weighted by molar-refractivity contribution is -0.137. The Hall–Kier alpha value is -2.96. The standard InChI is InChI=1S/C26H27ClF3N5O3S/c27-21-14-20(39(36,37)34-24-8-9-31-16-33-24)15-32-25(21)38-23-7-6-18(13-22(23)35-10-1-2-11-35)17-4-3-5-19(12-17)26(28,29)30/h3-5,8-9,12,14-16,18,22-23H,1-2,6-7,10-11,13H2,(H,31,33,34)/t18-,22-,23-/m0/s1. The van der Waals surface area contributed by atoms with Gasteiger partial charge in [0.1, 0.15) is 28.2 Å². The molecule has 2 fully saturated rings. The third-order valence-electron chi connectivity index (χ3n) is 7.23. The van der Waals surface area contributed by atoms with Gasteiger partial charge in [-0.1, -0.05) is 29.8 Å². The highest BCUT2D eigenvalue weighted by molar-refractivity contribution is 7.92. The van der Waals surface area contributed by atoms with E-state index in [0.717, 1.165) is 32.0 Å². The molecule has 3 heterocycles. The number of anilines is 1. The van der Waals surface area contributed by atoms with Crippen LogP contribution in [0.3, 0.4) is 0 Å². The Labute approximate surface area is 229 Å². The minimum absolute atomic E-state index is 0.0402. The van der Waals surface area contributed by atoms with Gasteiger partial charge < -0.3 is 4.74 Å². The van der Waals surface area contributed by atoms with Crippen molar-refractivity contribution in [1.82, 2.24) is 19.9 Å². The summed E-state index contributed by atoms with van der Waals surface area (Å²) in [6, 6.07) is 8.21. The highest BCUT2D eigenvalue weighted by Crippen LogP contribution is 2.40. The van der Waals surface area contributed by atoms with E-state index in [1.165, 1.54) is 43.0 Å². The van der Waals surface area contributed by atoms with Crippen LogP contribution in [-0.4, -0.2) is 53.5 Å². The van der Waals surface area contributed by atoms with Crippen molar-refractivity contribution in [2.24, 2.45) is 0 Å². The number of sulfonamides is 1. The maximum absolute atomic E-state index is 13.3. The molecule has 1 aliphatic carbocycles. The van der Waals surface area contributed by atoms with Crippen LogP contribution in [-0.2, 0) is 16.2 Å². The number of pyridine rings is 1. The van der Waals surface area contributed by atoms with Crippen LogP contribution in [0.4, 0.5) is 19.0 Å². The van der Waals surface area contributed by atoms with Gasteiger partial charge in [0, 0.05) is 12.2 Å². The van der Waals surface area contributed by atoms with Crippen molar-refractivity contribution in [3.8, 4) is 5.88 Å². The fourth-order valence-electron chi connectivity index (χ4n) is 5.32. The summed E-state index contributed by atoms with van der Waals surface area (Å²) in [7, 11) is -3.99. The zero-order valence-electron chi connectivity index (χ0n) is 20.8. The van der Waals surface area contributed by atoms with Crippen LogP contribution in [0.2, 0.25) is 5.02 Å². The summed E-state index contributed by atoms with van der Waals surface area (Å²) in [5.74, 6) is 0.179. The summed E-state index contributed by atoms with van der Waals surface area (Å²) in [5.41, 5.74) is 0.0331. The van der Waals surface area contributed by atoms with Crippen LogP contribution >= 0.6 is 11.6 Å². The number of aromatic nitrogens is 3. The van der Waals surface area contributed by atoms with E-state index in [1.54, 1.807) is 6.07 Å². The number of halogens is 4. The molecule has 39 heavy (non-hydrogen) atoms. The molecule has 5 rings (SSSR count). The molecule has 1 saturated heterocycles. The molecule has 1 saturated carbocycles. The van der Waals surface area contributed by atoms with Crippen LogP contribution in [0, 0.1) is 0 Å². The van der Waals surface area contributed by atoms with E-state index < -0.39 is 21.8 Å².